The Morgan fingerprint density at radius 3 is 2.41 bits per heavy atom. The van der Waals surface area contributed by atoms with Crippen LogP contribution in [0.5, 0.6) is 0 Å². The Bertz CT molecular complexity index is 979. The van der Waals surface area contributed by atoms with Crippen LogP contribution in [0.4, 0.5) is 0 Å². The Balaban J connectivity index is 2.48. The van der Waals surface area contributed by atoms with Crippen LogP contribution in [0.25, 0.3) is 10.4 Å². The molecule has 32 heavy (non-hydrogen) atoms. The zero-order valence-electron chi connectivity index (χ0n) is 17.3. The largest absolute Gasteiger partial charge is 0.463 e. The van der Waals surface area contributed by atoms with Crippen molar-refractivity contribution in [3.8, 4) is 6.07 Å². The second-order valence-corrected chi connectivity index (χ2v) is 8.20. The Morgan fingerprint density at radius 2 is 1.84 bits per heavy atom. The van der Waals surface area contributed by atoms with Crippen LogP contribution < -0.4 is 0 Å². The fourth-order valence-corrected chi connectivity index (χ4v) is 4.51. The number of hydrogen-bond donors (Lipinski definition) is 0. The summed E-state index contributed by atoms with van der Waals surface area (Å²) in [6.07, 6.45) is -3.40. The predicted octanol–water partition coefficient (Wildman–Crippen LogP) is 3.13. The molecule has 1 aromatic rings. The molecule has 0 aliphatic carbocycles. The first-order valence-electron chi connectivity index (χ1n) is 9.19. The van der Waals surface area contributed by atoms with E-state index < -0.39 is 47.7 Å². The van der Waals surface area contributed by atoms with Crippen LogP contribution >= 0.6 is 23.4 Å². The molecule has 0 N–H and O–H groups in total. The van der Waals surface area contributed by atoms with Crippen molar-refractivity contribution in [2.24, 2.45) is 5.11 Å². The summed E-state index contributed by atoms with van der Waals surface area (Å²) < 4.78 is 21.6. The number of carbonyl (C=O) groups excluding carboxylic acids is 3. The number of hydrogen-bond acceptors (Lipinski definition) is 10. The highest BCUT2D eigenvalue weighted by Gasteiger charge is 2.50. The van der Waals surface area contributed by atoms with Crippen molar-refractivity contribution < 1.29 is 33.3 Å². The topological polar surface area (TPSA) is 161 Å². The number of halogens is 1. The third-order valence-electron chi connectivity index (χ3n) is 4.11. The van der Waals surface area contributed by atoms with E-state index in [1.54, 1.807) is 12.1 Å². The highest BCUT2D eigenvalue weighted by molar-refractivity contribution is 7.99. The lowest BCUT2D eigenvalue weighted by atomic mass is 9.97. The summed E-state index contributed by atoms with van der Waals surface area (Å²) in [5.74, 6) is -1.99. The van der Waals surface area contributed by atoms with Gasteiger partial charge in [0.25, 0.3) is 0 Å². The fourth-order valence-electron chi connectivity index (χ4n) is 3.00. The maximum Gasteiger partial charge on any atom is 0.303 e. The van der Waals surface area contributed by atoms with Crippen molar-refractivity contribution in [1.82, 2.24) is 0 Å². The second-order valence-electron chi connectivity index (χ2n) is 6.59. The third kappa shape index (κ3) is 7.03. The Hall–Kier alpha value is -2.97. The van der Waals surface area contributed by atoms with E-state index in [1.807, 2.05) is 6.07 Å². The van der Waals surface area contributed by atoms with Crippen LogP contribution in [0.2, 0.25) is 5.02 Å². The molecule has 0 saturated carbocycles. The molecule has 1 aliphatic heterocycles. The molecule has 0 amide bonds. The number of nitriles is 1. The Morgan fingerprint density at radius 1 is 1.19 bits per heavy atom. The van der Waals surface area contributed by atoms with E-state index in [1.165, 1.54) is 13.0 Å². The van der Waals surface area contributed by atoms with E-state index in [0.717, 1.165) is 25.6 Å². The van der Waals surface area contributed by atoms with Crippen molar-refractivity contribution in [3.63, 3.8) is 0 Å². The lowest BCUT2D eigenvalue weighted by molar-refractivity contribution is -0.201. The molecule has 13 heteroatoms. The fraction of sp³-hybridized carbons (Fsp3) is 0.474. The smallest absolute Gasteiger partial charge is 0.303 e. The summed E-state index contributed by atoms with van der Waals surface area (Å²) >= 11 is 7.11. The molecule has 2 rings (SSSR count). The van der Waals surface area contributed by atoms with Crippen LogP contribution in [-0.4, -0.2) is 54.3 Å². The number of nitrogens with zero attached hydrogens (tertiary/aromatic N) is 4. The molecule has 11 nitrogen and oxygen atoms in total. The average Bonchev–Trinajstić information content (AvgIpc) is 2.69. The van der Waals surface area contributed by atoms with Gasteiger partial charge in [0.2, 0.25) is 0 Å². The normalized spacial score (nSPS) is 24.4. The minimum atomic E-state index is -1.20. The molecule has 1 fully saturated rings. The minimum Gasteiger partial charge on any atom is -0.463 e. The van der Waals surface area contributed by atoms with Gasteiger partial charge in [0.15, 0.2) is 0 Å². The summed E-state index contributed by atoms with van der Waals surface area (Å²) in [7, 11) is 0. The molecule has 0 bridgehead atoms. The third-order valence-corrected chi connectivity index (χ3v) is 5.45. The molecule has 5 atom stereocenters. The van der Waals surface area contributed by atoms with Gasteiger partial charge in [0.1, 0.15) is 36.4 Å². The molecule has 1 aromatic carbocycles. The van der Waals surface area contributed by atoms with Crippen LogP contribution in [0.15, 0.2) is 28.2 Å². The van der Waals surface area contributed by atoms with Crippen molar-refractivity contribution in [2.45, 2.75) is 55.5 Å². The highest BCUT2D eigenvalue weighted by Crippen LogP contribution is 2.38. The predicted molar refractivity (Wildman–Crippen MR) is 111 cm³/mol. The Labute approximate surface area is 192 Å². The van der Waals surface area contributed by atoms with Gasteiger partial charge in [-0.2, -0.15) is 5.26 Å². The zero-order chi connectivity index (χ0) is 23.8. The maximum absolute atomic E-state index is 11.8. The quantitative estimate of drug-likeness (QED) is 0.187. The van der Waals surface area contributed by atoms with Gasteiger partial charge in [0, 0.05) is 35.6 Å². The molecule has 0 aromatic heterocycles. The van der Waals surface area contributed by atoms with Crippen LogP contribution in [0.1, 0.15) is 26.3 Å². The van der Waals surface area contributed by atoms with Gasteiger partial charge >= 0.3 is 17.9 Å². The SMILES string of the molecule is CC(=O)OC[C@H]1O[C@H](Sc2cc(Cl)cc(C#N)c2)[C@H](OC(C)=O)[C@@H](N=[N+]=[N-])[C@H]1OC(C)=O. The Kier molecular flexibility index (Phi) is 9.16. The molecule has 1 aliphatic rings. The number of thioether (sulfide) groups is 1. The summed E-state index contributed by atoms with van der Waals surface area (Å²) in [4.78, 5) is 38.1. The lowest BCUT2D eigenvalue weighted by Crippen LogP contribution is -2.59. The molecule has 0 spiro atoms. The van der Waals surface area contributed by atoms with Gasteiger partial charge in [0.05, 0.1) is 11.6 Å². The summed E-state index contributed by atoms with van der Waals surface area (Å²) in [5.41, 5.74) is 8.41. The van der Waals surface area contributed by atoms with E-state index in [9.17, 15) is 19.6 Å². The monoisotopic (exact) mass is 482 g/mol. The van der Waals surface area contributed by atoms with Crippen LogP contribution in [0.3, 0.4) is 0 Å². The van der Waals surface area contributed by atoms with Crippen molar-refractivity contribution in [3.05, 3.63) is 39.2 Å². The first-order chi connectivity index (χ1) is 15.1. The van der Waals surface area contributed by atoms with Gasteiger partial charge in [-0.15, -0.1) is 0 Å². The number of carbonyl (C=O) groups is 3. The van der Waals surface area contributed by atoms with Crippen molar-refractivity contribution >= 4 is 41.3 Å². The van der Waals surface area contributed by atoms with Crippen molar-refractivity contribution in [1.29, 1.82) is 5.26 Å². The lowest BCUT2D eigenvalue weighted by Gasteiger charge is -2.43. The molecule has 170 valence electrons. The first-order valence-corrected chi connectivity index (χ1v) is 10.4. The van der Waals surface area contributed by atoms with Gasteiger partial charge < -0.3 is 18.9 Å². The minimum absolute atomic E-state index is 0.292. The van der Waals surface area contributed by atoms with E-state index in [-0.39, 0.29) is 6.61 Å². The van der Waals surface area contributed by atoms with E-state index in [2.05, 4.69) is 10.0 Å². The zero-order valence-corrected chi connectivity index (χ0v) is 18.8. The van der Waals surface area contributed by atoms with E-state index in [4.69, 9.17) is 36.1 Å². The van der Waals surface area contributed by atoms with Crippen LogP contribution in [-0.2, 0) is 33.3 Å². The second kappa shape index (κ2) is 11.6. The number of benzene rings is 1. The molecular formula is C19H19ClN4O7S. The van der Waals surface area contributed by atoms with Gasteiger partial charge in [-0.05, 0) is 23.7 Å². The standard InChI is InChI=1S/C19H19ClN4O7S/c1-9(25)28-8-15-17(29-10(2)26)16(23-24-22)18(30-11(3)27)19(31-15)32-14-5-12(7-21)4-13(20)6-14/h4-6,15-19H,8H2,1-3H3/t15-,16+,17+,18-,19-/m1/s1. The van der Waals surface area contributed by atoms with E-state index in [0.29, 0.717) is 15.5 Å². The summed E-state index contributed by atoms with van der Waals surface area (Å²) in [5, 5.41) is 13.2. The summed E-state index contributed by atoms with van der Waals surface area (Å²) in [6.45, 7) is 3.19. The molecule has 0 radical (unpaired) electrons. The average molecular weight is 483 g/mol. The number of esters is 3. The van der Waals surface area contributed by atoms with Gasteiger partial charge in [-0.25, -0.2) is 0 Å². The number of rotatable bonds is 7. The molecule has 0 unspecified atom stereocenters. The van der Waals surface area contributed by atoms with Crippen molar-refractivity contribution in [2.75, 3.05) is 6.61 Å². The van der Waals surface area contributed by atoms with E-state index >= 15 is 0 Å². The maximum atomic E-state index is 11.8. The molecule has 1 heterocycles. The van der Waals surface area contributed by atoms with Crippen LogP contribution in [0, 0.1) is 11.3 Å². The number of ether oxygens (including phenoxy) is 4. The number of azide groups is 1. The highest BCUT2D eigenvalue weighted by atomic mass is 35.5. The summed E-state index contributed by atoms with van der Waals surface area (Å²) in [6, 6.07) is 5.39. The van der Waals surface area contributed by atoms with Gasteiger partial charge in [-0.3, -0.25) is 14.4 Å². The van der Waals surface area contributed by atoms with Gasteiger partial charge in [-0.1, -0.05) is 28.5 Å². The molecule has 1 saturated heterocycles. The molecular weight excluding hydrogens is 464 g/mol. The first kappa shape index (κ1) is 25.3.